The van der Waals surface area contributed by atoms with Gasteiger partial charge in [-0.1, -0.05) is 30.6 Å². The first-order valence-corrected chi connectivity index (χ1v) is 7.89. The number of benzene rings is 1. The Balaban J connectivity index is 0.00000225. The molecule has 0 spiro atoms. The van der Waals surface area contributed by atoms with Crippen molar-refractivity contribution in [3.05, 3.63) is 63.5 Å². The molecule has 0 aliphatic carbocycles. The first-order chi connectivity index (χ1) is 11.5. The van der Waals surface area contributed by atoms with Gasteiger partial charge in [0.1, 0.15) is 5.52 Å². The van der Waals surface area contributed by atoms with Crippen molar-refractivity contribution >= 4 is 40.0 Å². The number of carbonyl (C=O) groups is 1. The predicted octanol–water partition coefficient (Wildman–Crippen LogP) is 4.52. The number of aromatic hydroxyl groups is 1. The minimum absolute atomic E-state index is 0. The zero-order valence-electron chi connectivity index (χ0n) is 12.7. The lowest BCUT2D eigenvalue weighted by Gasteiger charge is -2.10. The second-order valence-corrected chi connectivity index (χ2v) is 6.13. The molecule has 3 rings (SSSR count). The molecule has 2 N–H and O–H groups in total. The molecule has 0 fully saturated rings. The molecule has 130 valence electrons. The molecule has 5 nitrogen and oxygen atoms in total. The van der Waals surface area contributed by atoms with Gasteiger partial charge in [-0.2, -0.15) is 0 Å². The Morgan fingerprint density at radius 3 is 2.60 bits per heavy atom. The molecule has 1 amide bonds. The van der Waals surface area contributed by atoms with Crippen LogP contribution in [-0.2, 0) is 6.54 Å². The normalized spacial score (nSPS) is 10.4. The quantitative estimate of drug-likeness (QED) is 0.703. The number of nitrogens with zero attached hydrogens (tertiary/aromatic N) is 2. The topological polar surface area (TPSA) is 75.1 Å². The molecule has 0 bridgehead atoms. The zero-order chi connectivity index (χ0) is 17.3. The van der Waals surface area contributed by atoms with E-state index >= 15 is 0 Å². The minimum Gasteiger partial charge on any atom is -0.504 e. The van der Waals surface area contributed by atoms with Gasteiger partial charge in [-0.15, -0.1) is 0 Å². The highest BCUT2D eigenvalue weighted by molar-refractivity contribution is 6.34. The van der Waals surface area contributed by atoms with E-state index in [0.717, 1.165) is 5.56 Å². The maximum absolute atomic E-state index is 12.4. The lowest BCUT2D eigenvalue weighted by atomic mass is 10.1. The first-order valence-electron chi connectivity index (χ1n) is 7.13. The maximum Gasteiger partial charge on any atom is 0.274 e. The van der Waals surface area contributed by atoms with Gasteiger partial charge in [0.25, 0.3) is 5.91 Å². The standard InChI is InChI=1S/C17H13Cl2N3O2.CH4/c1-9-13-3-2-4-20-14(13)16(23)15(22-9)17(24)21-8-10-5-11(18)7-12(19)6-10;/h2-7,23H,8H2,1H3,(H,21,24);1H4. The highest BCUT2D eigenvalue weighted by Crippen LogP contribution is 2.27. The van der Waals surface area contributed by atoms with Crippen molar-refractivity contribution < 1.29 is 9.90 Å². The minimum atomic E-state index is -0.501. The average Bonchev–Trinajstić information content (AvgIpc) is 2.55. The first kappa shape index (κ1) is 19.0. The van der Waals surface area contributed by atoms with Crippen molar-refractivity contribution in [1.29, 1.82) is 0 Å². The van der Waals surface area contributed by atoms with E-state index in [-0.39, 0.29) is 25.4 Å². The number of rotatable bonds is 3. The van der Waals surface area contributed by atoms with Crippen molar-refractivity contribution in [3.63, 3.8) is 0 Å². The molecule has 0 aliphatic rings. The summed E-state index contributed by atoms with van der Waals surface area (Å²) < 4.78 is 0. The van der Waals surface area contributed by atoms with Crippen LogP contribution in [0.4, 0.5) is 0 Å². The smallest absolute Gasteiger partial charge is 0.274 e. The van der Waals surface area contributed by atoms with Crippen LogP contribution in [0, 0.1) is 6.92 Å². The molecular formula is C18H17Cl2N3O2. The van der Waals surface area contributed by atoms with Crippen LogP contribution in [0.5, 0.6) is 5.75 Å². The van der Waals surface area contributed by atoms with E-state index in [1.165, 1.54) is 0 Å². The van der Waals surface area contributed by atoms with Gasteiger partial charge >= 0.3 is 0 Å². The number of aryl methyl sites for hydroxylation is 1. The van der Waals surface area contributed by atoms with Crippen molar-refractivity contribution in [2.45, 2.75) is 20.9 Å². The fourth-order valence-electron chi connectivity index (χ4n) is 2.42. The molecule has 0 aliphatic heterocycles. The van der Waals surface area contributed by atoms with Crippen LogP contribution in [0.1, 0.15) is 29.2 Å². The second-order valence-electron chi connectivity index (χ2n) is 5.25. The predicted molar refractivity (Wildman–Crippen MR) is 100 cm³/mol. The largest absolute Gasteiger partial charge is 0.504 e. The number of carbonyl (C=O) groups excluding carboxylic acids is 1. The van der Waals surface area contributed by atoms with Gasteiger partial charge in [0, 0.05) is 33.9 Å². The van der Waals surface area contributed by atoms with Crippen molar-refractivity contribution in [3.8, 4) is 5.75 Å². The summed E-state index contributed by atoms with van der Waals surface area (Å²) in [5, 5.41) is 14.7. The third kappa shape index (κ3) is 4.00. The van der Waals surface area contributed by atoms with E-state index in [9.17, 15) is 9.90 Å². The third-order valence-corrected chi connectivity index (χ3v) is 3.95. The summed E-state index contributed by atoms with van der Waals surface area (Å²) in [5.41, 5.74) is 1.65. The fraction of sp³-hybridized carbons (Fsp3) is 0.167. The average molecular weight is 378 g/mol. The number of halogens is 2. The summed E-state index contributed by atoms with van der Waals surface area (Å²) in [4.78, 5) is 20.7. The van der Waals surface area contributed by atoms with Crippen LogP contribution in [0.25, 0.3) is 10.9 Å². The van der Waals surface area contributed by atoms with Crippen molar-refractivity contribution in [2.24, 2.45) is 0 Å². The zero-order valence-corrected chi connectivity index (χ0v) is 14.2. The summed E-state index contributed by atoms with van der Waals surface area (Å²) >= 11 is 11.9. The van der Waals surface area contributed by atoms with Crippen LogP contribution < -0.4 is 5.32 Å². The maximum atomic E-state index is 12.4. The van der Waals surface area contributed by atoms with Gasteiger partial charge in [0.2, 0.25) is 0 Å². The van der Waals surface area contributed by atoms with Crippen molar-refractivity contribution in [1.82, 2.24) is 15.3 Å². The highest BCUT2D eigenvalue weighted by atomic mass is 35.5. The molecule has 1 aromatic carbocycles. The summed E-state index contributed by atoms with van der Waals surface area (Å²) in [5.74, 6) is -0.739. The number of aromatic nitrogens is 2. The molecule has 0 radical (unpaired) electrons. The summed E-state index contributed by atoms with van der Waals surface area (Å²) in [6, 6.07) is 8.56. The Hall–Kier alpha value is -2.37. The number of amides is 1. The summed E-state index contributed by atoms with van der Waals surface area (Å²) in [6.45, 7) is 1.97. The monoisotopic (exact) mass is 377 g/mol. The molecule has 2 heterocycles. The molecule has 2 aromatic heterocycles. The number of hydrogen-bond donors (Lipinski definition) is 2. The third-order valence-electron chi connectivity index (χ3n) is 3.52. The van der Waals surface area contributed by atoms with Gasteiger partial charge in [-0.05, 0) is 42.8 Å². The Morgan fingerprint density at radius 1 is 1.24 bits per heavy atom. The van der Waals surface area contributed by atoms with E-state index in [1.807, 2.05) is 0 Å². The van der Waals surface area contributed by atoms with Gasteiger partial charge in [0.15, 0.2) is 11.4 Å². The summed E-state index contributed by atoms with van der Waals surface area (Å²) in [7, 11) is 0. The molecular weight excluding hydrogens is 361 g/mol. The number of hydrogen-bond acceptors (Lipinski definition) is 4. The Labute approximate surface area is 155 Å². The molecule has 0 saturated carbocycles. The fourth-order valence-corrected chi connectivity index (χ4v) is 2.99. The van der Waals surface area contributed by atoms with Crippen molar-refractivity contribution in [2.75, 3.05) is 0 Å². The number of fused-ring (bicyclic) bond motifs is 1. The van der Waals surface area contributed by atoms with Crippen LogP contribution >= 0.6 is 23.2 Å². The molecule has 3 aromatic rings. The van der Waals surface area contributed by atoms with E-state index in [1.54, 1.807) is 43.5 Å². The van der Waals surface area contributed by atoms with E-state index in [4.69, 9.17) is 23.2 Å². The Bertz CT molecular complexity index is 925. The lowest BCUT2D eigenvalue weighted by molar-refractivity contribution is 0.0943. The molecule has 0 atom stereocenters. The number of nitrogens with one attached hydrogen (secondary N) is 1. The SMILES string of the molecule is C.Cc1nc(C(=O)NCc2cc(Cl)cc(Cl)c2)c(O)c2ncccc12. The number of pyridine rings is 2. The second kappa shape index (κ2) is 7.68. The Kier molecular flexibility index (Phi) is 5.82. The van der Waals surface area contributed by atoms with Gasteiger partial charge in [-0.3, -0.25) is 9.78 Å². The highest BCUT2D eigenvalue weighted by Gasteiger charge is 2.18. The van der Waals surface area contributed by atoms with E-state index < -0.39 is 5.91 Å². The lowest BCUT2D eigenvalue weighted by Crippen LogP contribution is -2.24. The van der Waals surface area contributed by atoms with Crippen LogP contribution in [-0.4, -0.2) is 21.0 Å². The summed E-state index contributed by atoms with van der Waals surface area (Å²) in [6.07, 6.45) is 1.55. The van der Waals surface area contributed by atoms with Gasteiger partial charge in [-0.25, -0.2) is 4.98 Å². The van der Waals surface area contributed by atoms with Gasteiger partial charge in [0.05, 0.1) is 0 Å². The molecule has 25 heavy (non-hydrogen) atoms. The van der Waals surface area contributed by atoms with E-state index in [2.05, 4.69) is 15.3 Å². The van der Waals surface area contributed by atoms with E-state index in [0.29, 0.717) is 26.6 Å². The van der Waals surface area contributed by atoms with Crippen LogP contribution in [0.2, 0.25) is 10.0 Å². The molecule has 0 saturated heterocycles. The molecule has 0 unspecified atom stereocenters. The molecule has 7 heteroatoms. The van der Waals surface area contributed by atoms with Crippen LogP contribution in [0.15, 0.2) is 36.5 Å². The van der Waals surface area contributed by atoms with Gasteiger partial charge < -0.3 is 10.4 Å². The van der Waals surface area contributed by atoms with Crippen LogP contribution in [0.3, 0.4) is 0 Å². The Morgan fingerprint density at radius 2 is 1.92 bits per heavy atom.